The van der Waals surface area contributed by atoms with Crippen LogP contribution in [0.25, 0.3) is 0 Å². The Morgan fingerprint density at radius 1 is 1.29 bits per heavy atom. The molecule has 0 radical (unpaired) electrons. The van der Waals surface area contributed by atoms with E-state index in [1.165, 1.54) is 16.0 Å². The van der Waals surface area contributed by atoms with Crippen LogP contribution in [0.4, 0.5) is 0 Å². The molecule has 0 bridgehead atoms. The zero-order valence-corrected chi connectivity index (χ0v) is 14.3. The van der Waals surface area contributed by atoms with Gasteiger partial charge >= 0.3 is 5.97 Å². The molecule has 1 aromatic rings. The number of hydrogen-bond donors (Lipinski definition) is 1. The zero-order chi connectivity index (χ0) is 14.5. The van der Waals surface area contributed by atoms with Crippen molar-refractivity contribution in [3.63, 3.8) is 0 Å². The molecule has 1 fully saturated rings. The second-order valence-electron chi connectivity index (χ2n) is 5.55. The number of carbonyl (C=O) groups is 1. The predicted molar refractivity (Wildman–Crippen MR) is 90.7 cm³/mol. The van der Waals surface area contributed by atoms with Crippen LogP contribution in [0.5, 0.6) is 0 Å². The van der Waals surface area contributed by atoms with Gasteiger partial charge in [0.25, 0.3) is 0 Å². The van der Waals surface area contributed by atoms with E-state index in [1.54, 1.807) is 0 Å². The first-order valence-electron chi connectivity index (χ1n) is 7.21. The molecule has 3 nitrogen and oxygen atoms in total. The van der Waals surface area contributed by atoms with E-state index in [-0.39, 0.29) is 18.3 Å². The highest BCUT2D eigenvalue weighted by Gasteiger charge is 2.23. The number of likely N-dealkylation sites (tertiary alicyclic amines) is 1. The lowest BCUT2D eigenvalue weighted by molar-refractivity contribution is -0.143. The third-order valence-electron chi connectivity index (χ3n) is 4.09. The van der Waals surface area contributed by atoms with Crippen LogP contribution in [0.2, 0.25) is 0 Å². The van der Waals surface area contributed by atoms with Crippen LogP contribution in [-0.4, -0.2) is 41.4 Å². The lowest BCUT2D eigenvalue weighted by Crippen LogP contribution is -2.37. The van der Waals surface area contributed by atoms with Gasteiger partial charge in [0.2, 0.25) is 0 Å². The average molecular weight is 330 g/mol. The molecule has 0 atom stereocenters. The Balaban J connectivity index is 0.00000220. The number of rotatable bonds is 5. The van der Waals surface area contributed by atoms with E-state index in [0.29, 0.717) is 0 Å². The largest absolute Gasteiger partial charge is 0.481 e. The van der Waals surface area contributed by atoms with E-state index in [2.05, 4.69) is 36.9 Å². The van der Waals surface area contributed by atoms with Gasteiger partial charge in [-0.05, 0) is 63.0 Å². The van der Waals surface area contributed by atoms with Crippen LogP contribution >= 0.6 is 24.2 Å². The summed E-state index contributed by atoms with van der Waals surface area (Å²) in [5.41, 5.74) is 2.68. The standard InChI is InChI=1S/C16H23NO2S.ClH/c1-12-3-4-15(11-13(12)2)20-10-9-17-7-5-14(6-8-17)16(18)19;/h3-4,11,14H,5-10H2,1-2H3,(H,18,19);1H. The number of benzene rings is 1. The van der Waals surface area contributed by atoms with Crippen molar-refractivity contribution < 1.29 is 9.90 Å². The Labute approximate surface area is 137 Å². The van der Waals surface area contributed by atoms with Crippen molar-refractivity contribution in [2.75, 3.05) is 25.4 Å². The fraction of sp³-hybridized carbons (Fsp3) is 0.562. The van der Waals surface area contributed by atoms with E-state index in [0.717, 1.165) is 38.2 Å². The number of aliphatic carboxylic acids is 1. The van der Waals surface area contributed by atoms with Gasteiger partial charge in [-0.15, -0.1) is 24.2 Å². The van der Waals surface area contributed by atoms with Crippen molar-refractivity contribution >= 4 is 30.1 Å². The molecule has 0 amide bonds. The van der Waals surface area contributed by atoms with E-state index >= 15 is 0 Å². The summed E-state index contributed by atoms with van der Waals surface area (Å²) < 4.78 is 0. The van der Waals surface area contributed by atoms with E-state index < -0.39 is 5.97 Å². The third-order valence-corrected chi connectivity index (χ3v) is 5.07. The smallest absolute Gasteiger partial charge is 0.306 e. The summed E-state index contributed by atoms with van der Waals surface area (Å²) >= 11 is 1.89. The first-order valence-corrected chi connectivity index (χ1v) is 8.20. The Kier molecular flexibility index (Phi) is 7.57. The number of piperidine rings is 1. The molecule has 0 saturated carbocycles. The summed E-state index contributed by atoms with van der Waals surface area (Å²) in [6.45, 7) is 7.17. The molecule has 118 valence electrons. The topological polar surface area (TPSA) is 40.5 Å². The Hall–Kier alpha value is -0.710. The van der Waals surface area contributed by atoms with Crippen molar-refractivity contribution in [1.29, 1.82) is 0 Å². The van der Waals surface area contributed by atoms with Crippen molar-refractivity contribution in [3.8, 4) is 0 Å². The summed E-state index contributed by atoms with van der Waals surface area (Å²) in [6, 6.07) is 6.61. The summed E-state index contributed by atoms with van der Waals surface area (Å²) in [4.78, 5) is 14.6. The number of aryl methyl sites for hydroxylation is 2. The minimum absolute atomic E-state index is 0. The molecule has 1 aliphatic rings. The second-order valence-corrected chi connectivity index (χ2v) is 6.72. The summed E-state index contributed by atoms with van der Waals surface area (Å²) in [7, 11) is 0. The first-order chi connectivity index (χ1) is 9.56. The lowest BCUT2D eigenvalue weighted by atomic mass is 9.97. The van der Waals surface area contributed by atoms with Crippen LogP contribution in [-0.2, 0) is 4.79 Å². The van der Waals surface area contributed by atoms with Crippen molar-refractivity contribution in [1.82, 2.24) is 4.90 Å². The number of carboxylic acid groups (broad SMARTS) is 1. The molecule has 2 rings (SSSR count). The summed E-state index contributed by atoms with van der Waals surface area (Å²) in [5, 5.41) is 8.97. The Morgan fingerprint density at radius 2 is 1.95 bits per heavy atom. The molecular formula is C16H24ClNO2S. The summed E-state index contributed by atoms with van der Waals surface area (Å²) in [5.74, 6) is 0.313. The fourth-order valence-electron chi connectivity index (χ4n) is 2.50. The van der Waals surface area contributed by atoms with E-state index in [9.17, 15) is 4.79 Å². The number of hydrogen-bond acceptors (Lipinski definition) is 3. The van der Waals surface area contributed by atoms with Gasteiger partial charge in [0.15, 0.2) is 0 Å². The Morgan fingerprint density at radius 3 is 2.52 bits per heavy atom. The quantitative estimate of drug-likeness (QED) is 0.838. The molecule has 1 heterocycles. The molecule has 1 aliphatic heterocycles. The van der Waals surface area contributed by atoms with Gasteiger partial charge in [0.1, 0.15) is 0 Å². The van der Waals surface area contributed by atoms with Gasteiger partial charge in [-0.25, -0.2) is 0 Å². The van der Waals surface area contributed by atoms with Crippen LogP contribution in [0, 0.1) is 19.8 Å². The third kappa shape index (κ3) is 5.53. The second kappa shape index (κ2) is 8.66. The zero-order valence-electron chi connectivity index (χ0n) is 12.7. The molecule has 21 heavy (non-hydrogen) atoms. The molecule has 1 aromatic carbocycles. The number of nitrogens with zero attached hydrogens (tertiary/aromatic N) is 1. The van der Waals surface area contributed by atoms with Crippen LogP contribution in [0.3, 0.4) is 0 Å². The maximum atomic E-state index is 10.9. The van der Waals surface area contributed by atoms with Gasteiger partial charge in [0, 0.05) is 17.2 Å². The predicted octanol–water partition coefficient (Wildman–Crippen LogP) is 3.61. The van der Waals surface area contributed by atoms with E-state index in [4.69, 9.17) is 5.11 Å². The average Bonchev–Trinajstić information content (AvgIpc) is 2.43. The van der Waals surface area contributed by atoms with Crippen molar-refractivity contribution in [2.45, 2.75) is 31.6 Å². The highest BCUT2D eigenvalue weighted by molar-refractivity contribution is 7.99. The van der Waals surface area contributed by atoms with Gasteiger partial charge in [-0.2, -0.15) is 0 Å². The van der Waals surface area contributed by atoms with Crippen molar-refractivity contribution in [2.24, 2.45) is 5.92 Å². The lowest BCUT2D eigenvalue weighted by Gasteiger charge is -2.29. The maximum absolute atomic E-state index is 10.9. The van der Waals surface area contributed by atoms with Crippen LogP contribution < -0.4 is 0 Å². The molecule has 0 aliphatic carbocycles. The van der Waals surface area contributed by atoms with E-state index in [1.807, 2.05) is 11.8 Å². The highest BCUT2D eigenvalue weighted by Crippen LogP contribution is 2.22. The number of carboxylic acids is 1. The van der Waals surface area contributed by atoms with Gasteiger partial charge in [0.05, 0.1) is 5.92 Å². The molecule has 0 spiro atoms. The highest BCUT2D eigenvalue weighted by atomic mass is 35.5. The SMILES string of the molecule is Cc1ccc(SCCN2CCC(C(=O)O)CC2)cc1C.Cl. The number of thioether (sulfide) groups is 1. The molecular weight excluding hydrogens is 306 g/mol. The molecule has 1 N–H and O–H groups in total. The minimum Gasteiger partial charge on any atom is -0.481 e. The Bertz CT molecular complexity index is 473. The van der Waals surface area contributed by atoms with Gasteiger partial charge < -0.3 is 10.0 Å². The maximum Gasteiger partial charge on any atom is 0.306 e. The minimum atomic E-state index is -0.630. The first kappa shape index (κ1) is 18.3. The molecule has 1 saturated heterocycles. The van der Waals surface area contributed by atoms with Crippen LogP contribution in [0.1, 0.15) is 24.0 Å². The van der Waals surface area contributed by atoms with Gasteiger partial charge in [-0.1, -0.05) is 6.07 Å². The summed E-state index contributed by atoms with van der Waals surface area (Å²) in [6.07, 6.45) is 1.59. The monoisotopic (exact) mass is 329 g/mol. The normalized spacial score (nSPS) is 16.5. The van der Waals surface area contributed by atoms with Crippen molar-refractivity contribution in [3.05, 3.63) is 29.3 Å². The van der Waals surface area contributed by atoms with Gasteiger partial charge in [-0.3, -0.25) is 4.79 Å². The molecule has 0 unspecified atom stereocenters. The van der Waals surface area contributed by atoms with Crippen LogP contribution in [0.15, 0.2) is 23.1 Å². The number of halogens is 1. The molecule has 0 aromatic heterocycles. The molecule has 5 heteroatoms. The fourth-order valence-corrected chi connectivity index (χ4v) is 3.51.